The van der Waals surface area contributed by atoms with Crippen LogP contribution in [0.4, 0.5) is 11.4 Å². The minimum absolute atomic E-state index is 0.0804. The smallest absolute Gasteiger partial charge is 0.243 e. The van der Waals surface area contributed by atoms with Crippen LogP contribution in [0.3, 0.4) is 0 Å². The largest absolute Gasteiger partial charge is 0.372 e. The van der Waals surface area contributed by atoms with Crippen molar-refractivity contribution in [2.24, 2.45) is 0 Å². The van der Waals surface area contributed by atoms with Gasteiger partial charge in [0.25, 0.3) is 0 Å². The summed E-state index contributed by atoms with van der Waals surface area (Å²) in [6.07, 6.45) is 2.48. The van der Waals surface area contributed by atoms with Crippen molar-refractivity contribution >= 4 is 23.2 Å². The van der Waals surface area contributed by atoms with Crippen LogP contribution in [-0.2, 0) is 9.59 Å². The summed E-state index contributed by atoms with van der Waals surface area (Å²) in [5.41, 5.74) is 1.96. The standard InChI is InChI=1S/C18H28N4O2/c1-15(23)22(13-12-20(2)3)14-18(24)19-16-6-8-17(9-7-16)21-10-4-5-11-21/h6-9H,4-5,10-14H2,1-3H3,(H,19,24). The molecular formula is C18H28N4O2. The van der Waals surface area contributed by atoms with Gasteiger partial charge in [-0.25, -0.2) is 0 Å². The molecule has 0 bridgehead atoms. The van der Waals surface area contributed by atoms with Gasteiger partial charge in [-0.2, -0.15) is 0 Å². The molecular weight excluding hydrogens is 304 g/mol. The van der Waals surface area contributed by atoms with Crippen LogP contribution < -0.4 is 10.2 Å². The highest BCUT2D eigenvalue weighted by Gasteiger charge is 2.15. The van der Waals surface area contributed by atoms with Crippen LogP contribution in [0, 0.1) is 0 Å². The normalized spacial score (nSPS) is 14.1. The number of amides is 2. The summed E-state index contributed by atoms with van der Waals surface area (Å²) in [6, 6.07) is 7.92. The Balaban J connectivity index is 1.87. The summed E-state index contributed by atoms with van der Waals surface area (Å²) in [4.78, 5) is 29.7. The first-order valence-corrected chi connectivity index (χ1v) is 8.51. The molecule has 1 N–H and O–H groups in total. The van der Waals surface area contributed by atoms with E-state index in [2.05, 4.69) is 10.2 Å². The van der Waals surface area contributed by atoms with Crippen molar-refractivity contribution in [3.05, 3.63) is 24.3 Å². The van der Waals surface area contributed by atoms with E-state index in [-0.39, 0.29) is 18.4 Å². The van der Waals surface area contributed by atoms with Gasteiger partial charge in [-0.15, -0.1) is 0 Å². The zero-order valence-electron chi connectivity index (χ0n) is 14.9. The molecule has 1 aromatic rings. The van der Waals surface area contributed by atoms with E-state index in [1.54, 1.807) is 4.90 Å². The first kappa shape index (κ1) is 18.3. The molecule has 1 aliphatic rings. The van der Waals surface area contributed by atoms with Crippen LogP contribution in [0.1, 0.15) is 19.8 Å². The van der Waals surface area contributed by atoms with E-state index in [1.165, 1.54) is 25.5 Å². The van der Waals surface area contributed by atoms with E-state index in [0.717, 1.165) is 25.3 Å². The summed E-state index contributed by atoms with van der Waals surface area (Å²) in [7, 11) is 3.89. The van der Waals surface area contributed by atoms with Crippen molar-refractivity contribution in [3.63, 3.8) is 0 Å². The number of carbonyl (C=O) groups is 2. The van der Waals surface area contributed by atoms with Crippen molar-refractivity contribution < 1.29 is 9.59 Å². The van der Waals surface area contributed by atoms with Gasteiger partial charge in [0.05, 0.1) is 6.54 Å². The monoisotopic (exact) mass is 332 g/mol. The van der Waals surface area contributed by atoms with Crippen LogP contribution in [0.15, 0.2) is 24.3 Å². The van der Waals surface area contributed by atoms with E-state index >= 15 is 0 Å². The van der Waals surface area contributed by atoms with Gasteiger partial charge < -0.3 is 20.0 Å². The molecule has 1 aliphatic heterocycles. The summed E-state index contributed by atoms with van der Waals surface area (Å²) < 4.78 is 0. The van der Waals surface area contributed by atoms with Crippen molar-refractivity contribution in [3.8, 4) is 0 Å². The molecule has 1 fully saturated rings. The molecule has 0 saturated carbocycles. The zero-order chi connectivity index (χ0) is 17.5. The maximum Gasteiger partial charge on any atom is 0.243 e. The Hall–Kier alpha value is -2.08. The minimum Gasteiger partial charge on any atom is -0.372 e. The van der Waals surface area contributed by atoms with Gasteiger partial charge in [-0.05, 0) is 51.2 Å². The lowest BCUT2D eigenvalue weighted by molar-refractivity contribution is -0.132. The quantitative estimate of drug-likeness (QED) is 0.825. The van der Waals surface area contributed by atoms with Gasteiger partial charge in [0.2, 0.25) is 11.8 Å². The molecule has 0 atom stereocenters. The van der Waals surface area contributed by atoms with Gasteiger partial charge in [0, 0.05) is 44.5 Å². The molecule has 2 rings (SSSR count). The second-order valence-corrected chi connectivity index (χ2v) is 6.53. The van der Waals surface area contributed by atoms with E-state index in [9.17, 15) is 9.59 Å². The molecule has 0 radical (unpaired) electrons. The number of anilines is 2. The first-order chi connectivity index (χ1) is 11.5. The second-order valence-electron chi connectivity index (χ2n) is 6.53. The Morgan fingerprint density at radius 1 is 1.08 bits per heavy atom. The van der Waals surface area contributed by atoms with Crippen LogP contribution in [0.5, 0.6) is 0 Å². The summed E-state index contributed by atoms with van der Waals surface area (Å²) >= 11 is 0. The van der Waals surface area contributed by atoms with Crippen molar-refractivity contribution in [1.82, 2.24) is 9.80 Å². The van der Waals surface area contributed by atoms with Gasteiger partial charge in [-0.3, -0.25) is 9.59 Å². The highest BCUT2D eigenvalue weighted by atomic mass is 16.2. The number of nitrogens with one attached hydrogen (secondary N) is 1. The Bertz CT molecular complexity index is 551. The summed E-state index contributed by atoms with van der Waals surface area (Å²) in [5, 5.41) is 2.87. The average Bonchev–Trinajstić information content (AvgIpc) is 3.06. The fourth-order valence-electron chi connectivity index (χ4n) is 2.77. The number of nitrogens with zero attached hydrogens (tertiary/aromatic N) is 3. The van der Waals surface area contributed by atoms with Crippen molar-refractivity contribution in [1.29, 1.82) is 0 Å². The van der Waals surface area contributed by atoms with Crippen molar-refractivity contribution in [2.75, 3.05) is 57.0 Å². The van der Waals surface area contributed by atoms with Gasteiger partial charge in [0.1, 0.15) is 0 Å². The number of rotatable bonds is 7. The molecule has 1 heterocycles. The number of benzene rings is 1. The Kier molecular flexibility index (Phi) is 6.61. The topological polar surface area (TPSA) is 55.9 Å². The highest BCUT2D eigenvalue weighted by Crippen LogP contribution is 2.21. The fraction of sp³-hybridized carbons (Fsp3) is 0.556. The van der Waals surface area contributed by atoms with Crippen LogP contribution in [-0.4, -0.2) is 68.4 Å². The molecule has 2 amide bonds. The first-order valence-electron chi connectivity index (χ1n) is 8.51. The van der Waals surface area contributed by atoms with E-state index in [4.69, 9.17) is 0 Å². The Labute approximate surface area is 144 Å². The lowest BCUT2D eigenvalue weighted by Crippen LogP contribution is -2.40. The molecule has 0 aromatic heterocycles. The molecule has 0 unspecified atom stereocenters. The maximum absolute atomic E-state index is 12.2. The van der Waals surface area contributed by atoms with Crippen LogP contribution >= 0.6 is 0 Å². The van der Waals surface area contributed by atoms with Crippen molar-refractivity contribution in [2.45, 2.75) is 19.8 Å². The minimum atomic E-state index is -0.169. The maximum atomic E-state index is 12.2. The number of hydrogen-bond acceptors (Lipinski definition) is 4. The Morgan fingerprint density at radius 2 is 1.71 bits per heavy atom. The summed E-state index contributed by atoms with van der Waals surface area (Å²) in [5.74, 6) is -0.255. The predicted molar refractivity (Wildman–Crippen MR) is 97.3 cm³/mol. The third-order valence-corrected chi connectivity index (χ3v) is 4.22. The lowest BCUT2D eigenvalue weighted by atomic mass is 10.2. The van der Waals surface area contributed by atoms with Crippen LogP contribution in [0.25, 0.3) is 0 Å². The molecule has 0 spiro atoms. The number of likely N-dealkylation sites (N-methyl/N-ethyl adjacent to an activating group) is 1. The van der Waals surface area contributed by atoms with E-state index in [0.29, 0.717) is 6.54 Å². The molecule has 0 aliphatic carbocycles. The average molecular weight is 332 g/mol. The molecule has 6 nitrogen and oxygen atoms in total. The number of hydrogen-bond donors (Lipinski definition) is 1. The fourth-order valence-corrected chi connectivity index (χ4v) is 2.77. The third kappa shape index (κ3) is 5.53. The predicted octanol–water partition coefficient (Wildman–Crippen LogP) is 1.64. The molecule has 6 heteroatoms. The molecule has 1 saturated heterocycles. The van der Waals surface area contributed by atoms with Gasteiger partial charge in [0.15, 0.2) is 0 Å². The molecule has 132 valence electrons. The van der Waals surface area contributed by atoms with E-state index < -0.39 is 0 Å². The van der Waals surface area contributed by atoms with Gasteiger partial charge >= 0.3 is 0 Å². The number of carbonyl (C=O) groups excluding carboxylic acids is 2. The molecule has 1 aromatic carbocycles. The highest BCUT2D eigenvalue weighted by molar-refractivity contribution is 5.94. The lowest BCUT2D eigenvalue weighted by Gasteiger charge is -2.22. The van der Waals surface area contributed by atoms with Crippen LogP contribution in [0.2, 0.25) is 0 Å². The molecule has 24 heavy (non-hydrogen) atoms. The third-order valence-electron chi connectivity index (χ3n) is 4.22. The SMILES string of the molecule is CC(=O)N(CCN(C)C)CC(=O)Nc1ccc(N2CCCC2)cc1. The Morgan fingerprint density at radius 3 is 2.25 bits per heavy atom. The zero-order valence-corrected chi connectivity index (χ0v) is 14.9. The summed E-state index contributed by atoms with van der Waals surface area (Å²) in [6.45, 7) is 5.06. The van der Waals surface area contributed by atoms with Gasteiger partial charge in [-0.1, -0.05) is 0 Å². The van der Waals surface area contributed by atoms with E-state index in [1.807, 2.05) is 43.3 Å². The second kappa shape index (κ2) is 8.68.